The lowest BCUT2D eigenvalue weighted by Gasteiger charge is -2.30. The summed E-state index contributed by atoms with van der Waals surface area (Å²) >= 11 is 0. The molecule has 1 aliphatic rings. The molecule has 0 spiro atoms. The fourth-order valence-electron chi connectivity index (χ4n) is 2.42. The second-order valence-electron chi connectivity index (χ2n) is 4.76. The molecule has 1 saturated heterocycles. The second-order valence-corrected chi connectivity index (χ2v) is 4.76. The van der Waals surface area contributed by atoms with E-state index in [9.17, 15) is 0 Å². The molecule has 2 heterocycles. The van der Waals surface area contributed by atoms with Crippen LogP contribution in [-0.4, -0.2) is 35.7 Å². The SMILES string of the molecule is Cc1noc(C)c1CCN1CCC[C@@H](N)C1. The minimum absolute atomic E-state index is 0.360. The average molecular weight is 223 g/mol. The Balaban J connectivity index is 1.87. The van der Waals surface area contributed by atoms with Crippen LogP contribution >= 0.6 is 0 Å². The Hall–Kier alpha value is -0.870. The van der Waals surface area contributed by atoms with Crippen molar-refractivity contribution in [1.82, 2.24) is 10.1 Å². The summed E-state index contributed by atoms with van der Waals surface area (Å²) in [5.41, 5.74) is 8.25. The molecule has 0 aliphatic carbocycles. The van der Waals surface area contributed by atoms with Gasteiger partial charge < -0.3 is 15.2 Å². The van der Waals surface area contributed by atoms with E-state index in [4.69, 9.17) is 10.3 Å². The van der Waals surface area contributed by atoms with E-state index in [1.807, 2.05) is 13.8 Å². The summed E-state index contributed by atoms with van der Waals surface area (Å²) in [4.78, 5) is 2.44. The molecule has 2 rings (SSSR count). The van der Waals surface area contributed by atoms with Crippen LogP contribution in [0.15, 0.2) is 4.52 Å². The van der Waals surface area contributed by atoms with E-state index < -0.39 is 0 Å². The predicted molar refractivity (Wildman–Crippen MR) is 63.3 cm³/mol. The zero-order valence-electron chi connectivity index (χ0n) is 10.2. The first-order chi connectivity index (χ1) is 7.66. The van der Waals surface area contributed by atoms with Gasteiger partial charge in [0, 0.05) is 24.7 Å². The minimum Gasteiger partial charge on any atom is -0.361 e. The number of aromatic nitrogens is 1. The standard InChI is InChI=1S/C12H21N3O/c1-9-12(10(2)16-14-9)5-7-15-6-3-4-11(13)8-15/h11H,3-8,13H2,1-2H3/t11-/m1/s1. The van der Waals surface area contributed by atoms with E-state index in [2.05, 4.69) is 10.1 Å². The lowest BCUT2D eigenvalue weighted by Crippen LogP contribution is -2.43. The maximum absolute atomic E-state index is 5.96. The third-order valence-electron chi connectivity index (χ3n) is 3.40. The van der Waals surface area contributed by atoms with Crippen molar-refractivity contribution in [1.29, 1.82) is 0 Å². The van der Waals surface area contributed by atoms with Crippen LogP contribution in [0.5, 0.6) is 0 Å². The van der Waals surface area contributed by atoms with E-state index in [1.165, 1.54) is 24.9 Å². The predicted octanol–water partition coefficient (Wildman–Crippen LogP) is 1.26. The van der Waals surface area contributed by atoms with Gasteiger partial charge in [0.1, 0.15) is 5.76 Å². The largest absolute Gasteiger partial charge is 0.361 e. The number of hydrogen-bond donors (Lipinski definition) is 1. The Labute approximate surface area is 96.8 Å². The van der Waals surface area contributed by atoms with Gasteiger partial charge in [-0.25, -0.2) is 0 Å². The van der Waals surface area contributed by atoms with Crippen LogP contribution in [0.3, 0.4) is 0 Å². The van der Waals surface area contributed by atoms with Gasteiger partial charge in [0.15, 0.2) is 0 Å². The van der Waals surface area contributed by atoms with E-state index >= 15 is 0 Å². The van der Waals surface area contributed by atoms with Crippen molar-refractivity contribution >= 4 is 0 Å². The van der Waals surface area contributed by atoms with Gasteiger partial charge in [0.2, 0.25) is 0 Å². The molecule has 16 heavy (non-hydrogen) atoms. The molecule has 90 valence electrons. The molecule has 0 unspecified atom stereocenters. The fourth-order valence-corrected chi connectivity index (χ4v) is 2.42. The third-order valence-corrected chi connectivity index (χ3v) is 3.40. The van der Waals surface area contributed by atoms with Crippen LogP contribution in [0.1, 0.15) is 29.9 Å². The Kier molecular flexibility index (Phi) is 3.61. The fraction of sp³-hybridized carbons (Fsp3) is 0.750. The molecule has 4 nitrogen and oxygen atoms in total. The number of rotatable bonds is 3. The number of piperidine rings is 1. The zero-order chi connectivity index (χ0) is 11.5. The monoisotopic (exact) mass is 223 g/mol. The molecule has 1 aromatic heterocycles. The van der Waals surface area contributed by atoms with E-state index in [0.29, 0.717) is 6.04 Å². The quantitative estimate of drug-likeness (QED) is 0.838. The number of hydrogen-bond acceptors (Lipinski definition) is 4. The topological polar surface area (TPSA) is 55.3 Å². The number of nitrogens with zero attached hydrogens (tertiary/aromatic N) is 2. The summed E-state index contributed by atoms with van der Waals surface area (Å²) < 4.78 is 5.16. The summed E-state index contributed by atoms with van der Waals surface area (Å²) in [5.74, 6) is 0.957. The van der Waals surface area contributed by atoms with Gasteiger partial charge in [-0.15, -0.1) is 0 Å². The molecule has 4 heteroatoms. The smallest absolute Gasteiger partial charge is 0.137 e. The van der Waals surface area contributed by atoms with Crippen LogP contribution < -0.4 is 5.73 Å². The third kappa shape index (κ3) is 2.62. The van der Waals surface area contributed by atoms with Crippen molar-refractivity contribution in [3.8, 4) is 0 Å². The molecule has 1 atom stereocenters. The highest BCUT2D eigenvalue weighted by Crippen LogP contribution is 2.15. The lowest BCUT2D eigenvalue weighted by molar-refractivity contribution is 0.211. The molecule has 1 aromatic rings. The molecule has 0 saturated carbocycles. The van der Waals surface area contributed by atoms with E-state index in [0.717, 1.165) is 31.0 Å². The molecular formula is C12H21N3O. The molecule has 1 fully saturated rings. The highest BCUT2D eigenvalue weighted by Gasteiger charge is 2.17. The van der Waals surface area contributed by atoms with E-state index in [1.54, 1.807) is 0 Å². The summed E-state index contributed by atoms with van der Waals surface area (Å²) in [6.45, 7) is 7.27. The first kappa shape index (κ1) is 11.6. The van der Waals surface area contributed by atoms with Gasteiger partial charge in [-0.05, 0) is 39.7 Å². The number of aryl methyl sites for hydroxylation is 2. The minimum atomic E-state index is 0.360. The van der Waals surface area contributed by atoms with Crippen LogP contribution in [0.2, 0.25) is 0 Å². The van der Waals surface area contributed by atoms with Gasteiger partial charge in [0.05, 0.1) is 5.69 Å². The van der Waals surface area contributed by atoms with Crippen molar-refractivity contribution < 1.29 is 4.52 Å². The van der Waals surface area contributed by atoms with Crippen molar-refractivity contribution in [3.05, 3.63) is 17.0 Å². The highest BCUT2D eigenvalue weighted by atomic mass is 16.5. The number of nitrogens with two attached hydrogens (primary N) is 1. The molecule has 1 aliphatic heterocycles. The Bertz CT molecular complexity index is 329. The average Bonchev–Trinajstić information content (AvgIpc) is 2.56. The molecule has 0 amide bonds. The highest BCUT2D eigenvalue weighted by molar-refractivity contribution is 5.20. The molecule has 0 radical (unpaired) electrons. The first-order valence-electron chi connectivity index (χ1n) is 6.06. The van der Waals surface area contributed by atoms with E-state index in [-0.39, 0.29) is 0 Å². The Morgan fingerprint density at radius 1 is 1.50 bits per heavy atom. The van der Waals surface area contributed by atoms with Gasteiger partial charge in [-0.1, -0.05) is 5.16 Å². The summed E-state index contributed by atoms with van der Waals surface area (Å²) in [5, 5.41) is 3.98. The van der Waals surface area contributed by atoms with Crippen molar-refractivity contribution in [3.63, 3.8) is 0 Å². The lowest BCUT2D eigenvalue weighted by atomic mass is 10.1. The molecule has 0 aromatic carbocycles. The van der Waals surface area contributed by atoms with Crippen molar-refractivity contribution in [2.45, 2.75) is 39.2 Å². The van der Waals surface area contributed by atoms with Crippen LogP contribution in [0, 0.1) is 13.8 Å². The normalized spacial score (nSPS) is 22.6. The molecular weight excluding hydrogens is 202 g/mol. The first-order valence-corrected chi connectivity index (χ1v) is 6.06. The second kappa shape index (κ2) is 4.97. The van der Waals surface area contributed by atoms with Gasteiger partial charge in [-0.2, -0.15) is 0 Å². The van der Waals surface area contributed by atoms with Gasteiger partial charge in [0.25, 0.3) is 0 Å². The Morgan fingerprint density at radius 2 is 2.31 bits per heavy atom. The van der Waals surface area contributed by atoms with Crippen LogP contribution in [0.25, 0.3) is 0 Å². The zero-order valence-corrected chi connectivity index (χ0v) is 10.2. The van der Waals surface area contributed by atoms with Crippen molar-refractivity contribution in [2.75, 3.05) is 19.6 Å². The van der Waals surface area contributed by atoms with Crippen LogP contribution in [-0.2, 0) is 6.42 Å². The maximum Gasteiger partial charge on any atom is 0.137 e. The number of likely N-dealkylation sites (tertiary alicyclic amines) is 1. The summed E-state index contributed by atoms with van der Waals surface area (Å²) in [7, 11) is 0. The summed E-state index contributed by atoms with van der Waals surface area (Å²) in [6, 6.07) is 0.360. The maximum atomic E-state index is 5.96. The Morgan fingerprint density at radius 3 is 2.94 bits per heavy atom. The van der Waals surface area contributed by atoms with Gasteiger partial charge in [-0.3, -0.25) is 0 Å². The van der Waals surface area contributed by atoms with Crippen molar-refractivity contribution in [2.24, 2.45) is 5.73 Å². The van der Waals surface area contributed by atoms with Crippen LogP contribution in [0.4, 0.5) is 0 Å². The summed E-state index contributed by atoms with van der Waals surface area (Å²) in [6.07, 6.45) is 3.42. The van der Waals surface area contributed by atoms with Gasteiger partial charge >= 0.3 is 0 Å². The molecule has 2 N–H and O–H groups in total. The molecule has 0 bridgehead atoms.